The fourth-order valence-electron chi connectivity index (χ4n) is 2.76. The topological polar surface area (TPSA) is 45.2 Å². The second kappa shape index (κ2) is 8.60. The second-order valence-electron chi connectivity index (χ2n) is 6.25. The van der Waals surface area contributed by atoms with Crippen molar-refractivity contribution in [3.63, 3.8) is 0 Å². The summed E-state index contributed by atoms with van der Waals surface area (Å²) >= 11 is 1.73. The van der Waals surface area contributed by atoms with Crippen molar-refractivity contribution in [2.45, 2.75) is 45.7 Å². The van der Waals surface area contributed by atoms with Crippen molar-refractivity contribution < 1.29 is 4.79 Å². The molecule has 0 saturated carbocycles. The first-order valence-corrected chi connectivity index (χ1v) is 9.06. The van der Waals surface area contributed by atoms with Gasteiger partial charge in [-0.1, -0.05) is 26.0 Å². The number of benzene rings is 1. The standard InChI is InChI=1S/C18H23N3OS.ClH/c1-13(2)18-20-15(12-23-18)11-19-10-14-5-3-6-16(9-14)21-8-4-7-17(21)22;/h3,5-6,9,12-13,19H,4,7-8,10-11H2,1-2H3;1H. The summed E-state index contributed by atoms with van der Waals surface area (Å²) in [5.74, 6) is 0.724. The number of halogens is 1. The molecule has 0 unspecified atom stereocenters. The SMILES string of the molecule is CC(C)c1nc(CNCc2cccc(N3CCCC3=O)c2)cs1.Cl. The van der Waals surface area contributed by atoms with E-state index >= 15 is 0 Å². The van der Waals surface area contributed by atoms with Gasteiger partial charge in [-0.15, -0.1) is 23.7 Å². The number of amides is 1. The molecule has 24 heavy (non-hydrogen) atoms. The van der Waals surface area contributed by atoms with E-state index in [1.165, 1.54) is 10.6 Å². The maximum absolute atomic E-state index is 11.8. The smallest absolute Gasteiger partial charge is 0.227 e. The predicted molar refractivity (Wildman–Crippen MR) is 102 cm³/mol. The zero-order chi connectivity index (χ0) is 16.2. The van der Waals surface area contributed by atoms with Crippen LogP contribution in [0.1, 0.15) is 48.9 Å². The predicted octanol–water partition coefficient (Wildman–Crippen LogP) is 4.10. The highest BCUT2D eigenvalue weighted by Crippen LogP contribution is 2.22. The monoisotopic (exact) mass is 365 g/mol. The number of thiazole rings is 1. The molecule has 1 aliphatic rings. The molecular weight excluding hydrogens is 342 g/mol. The van der Waals surface area contributed by atoms with E-state index in [0.29, 0.717) is 12.3 Å². The van der Waals surface area contributed by atoms with Crippen molar-refractivity contribution >= 4 is 35.3 Å². The zero-order valence-electron chi connectivity index (χ0n) is 14.1. The highest BCUT2D eigenvalue weighted by Gasteiger charge is 2.21. The molecule has 1 aliphatic heterocycles. The van der Waals surface area contributed by atoms with E-state index in [1.807, 2.05) is 17.0 Å². The lowest BCUT2D eigenvalue weighted by Gasteiger charge is -2.16. The van der Waals surface area contributed by atoms with Gasteiger partial charge in [-0.3, -0.25) is 4.79 Å². The van der Waals surface area contributed by atoms with E-state index in [1.54, 1.807) is 11.3 Å². The van der Waals surface area contributed by atoms with E-state index in [-0.39, 0.29) is 18.3 Å². The van der Waals surface area contributed by atoms with Gasteiger partial charge in [0.25, 0.3) is 0 Å². The molecule has 1 aromatic carbocycles. The zero-order valence-corrected chi connectivity index (χ0v) is 15.8. The van der Waals surface area contributed by atoms with Crippen LogP contribution in [0, 0.1) is 0 Å². The summed E-state index contributed by atoms with van der Waals surface area (Å²) in [4.78, 5) is 18.4. The van der Waals surface area contributed by atoms with E-state index in [4.69, 9.17) is 0 Å². The normalized spacial score (nSPS) is 14.3. The van der Waals surface area contributed by atoms with Crippen LogP contribution in [-0.4, -0.2) is 17.4 Å². The van der Waals surface area contributed by atoms with Gasteiger partial charge in [0.15, 0.2) is 0 Å². The molecule has 0 bridgehead atoms. The number of hydrogen-bond donors (Lipinski definition) is 1. The second-order valence-corrected chi connectivity index (χ2v) is 7.14. The lowest BCUT2D eigenvalue weighted by molar-refractivity contribution is -0.117. The quantitative estimate of drug-likeness (QED) is 0.838. The van der Waals surface area contributed by atoms with Crippen molar-refractivity contribution in [1.29, 1.82) is 0 Å². The Labute approximate surface area is 153 Å². The molecule has 6 heteroatoms. The molecule has 1 amide bonds. The van der Waals surface area contributed by atoms with Crippen molar-refractivity contribution in [1.82, 2.24) is 10.3 Å². The number of hydrogen-bond acceptors (Lipinski definition) is 4. The Kier molecular flexibility index (Phi) is 6.78. The minimum Gasteiger partial charge on any atom is -0.312 e. The first kappa shape index (κ1) is 18.9. The number of nitrogens with one attached hydrogen (secondary N) is 1. The minimum absolute atomic E-state index is 0. The number of nitrogens with zero attached hydrogens (tertiary/aromatic N) is 2. The summed E-state index contributed by atoms with van der Waals surface area (Å²) in [5, 5.41) is 6.76. The van der Waals surface area contributed by atoms with E-state index < -0.39 is 0 Å². The Morgan fingerprint density at radius 2 is 2.17 bits per heavy atom. The Balaban J connectivity index is 0.00000208. The van der Waals surface area contributed by atoms with Gasteiger partial charge in [0.2, 0.25) is 5.91 Å². The summed E-state index contributed by atoms with van der Waals surface area (Å²) in [6, 6.07) is 8.24. The third-order valence-electron chi connectivity index (χ3n) is 3.99. The van der Waals surface area contributed by atoms with Gasteiger partial charge in [0.05, 0.1) is 10.7 Å². The van der Waals surface area contributed by atoms with Gasteiger partial charge < -0.3 is 10.2 Å². The molecule has 0 atom stereocenters. The molecule has 1 saturated heterocycles. The van der Waals surface area contributed by atoms with Crippen LogP contribution in [0.4, 0.5) is 5.69 Å². The Bertz CT molecular complexity index is 686. The lowest BCUT2D eigenvalue weighted by atomic mass is 10.2. The Hall–Kier alpha value is -1.43. The summed E-state index contributed by atoms with van der Waals surface area (Å²) in [6.07, 6.45) is 1.63. The van der Waals surface area contributed by atoms with Crippen molar-refractivity contribution in [3.8, 4) is 0 Å². The molecule has 1 N–H and O–H groups in total. The van der Waals surface area contributed by atoms with Gasteiger partial charge in [-0.25, -0.2) is 4.98 Å². The van der Waals surface area contributed by atoms with Crippen LogP contribution in [0.15, 0.2) is 29.6 Å². The lowest BCUT2D eigenvalue weighted by Crippen LogP contribution is -2.23. The van der Waals surface area contributed by atoms with Crippen molar-refractivity contribution in [2.75, 3.05) is 11.4 Å². The van der Waals surface area contributed by atoms with Crippen LogP contribution >= 0.6 is 23.7 Å². The number of aromatic nitrogens is 1. The van der Waals surface area contributed by atoms with Gasteiger partial charge in [0.1, 0.15) is 0 Å². The average molecular weight is 366 g/mol. The fourth-order valence-corrected chi connectivity index (χ4v) is 3.59. The molecule has 130 valence electrons. The largest absolute Gasteiger partial charge is 0.312 e. The highest BCUT2D eigenvalue weighted by molar-refractivity contribution is 7.09. The molecule has 2 heterocycles. The van der Waals surface area contributed by atoms with Crippen LogP contribution in [0.2, 0.25) is 0 Å². The van der Waals surface area contributed by atoms with Gasteiger partial charge in [-0.05, 0) is 24.1 Å². The van der Waals surface area contributed by atoms with Crippen LogP contribution in [0.5, 0.6) is 0 Å². The van der Waals surface area contributed by atoms with Gasteiger partial charge in [0, 0.05) is 43.0 Å². The summed E-state index contributed by atoms with van der Waals surface area (Å²) in [5.41, 5.74) is 3.31. The number of rotatable bonds is 6. The summed E-state index contributed by atoms with van der Waals surface area (Å²) in [7, 11) is 0. The number of carbonyl (C=O) groups is 1. The van der Waals surface area contributed by atoms with E-state index in [0.717, 1.165) is 37.4 Å². The fraction of sp³-hybridized carbons (Fsp3) is 0.444. The minimum atomic E-state index is 0. The maximum atomic E-state index is 11.8. The molecule has 3 rings (SSSR count). The van der Waals surface area contributed by atoms with Crippen LogP contribution in [0.25, 0.3) is 0 Å². The number of anilines is 1. The van der Waals surface area contributed by atoms with Crippen LogP contribution < -0.4 is 10.2 Å². The van der Waals surface area contributed by atoms with Gasteiger partial charge >= 0.3 is 0 Å². The average Bonchev–Trinajstić information content (AvgIpc) is 3.17. The highest BCUT2D eigenvalue weighted by atomic mass is 35.5. The van der Waals surface area contributed by atoms with Crippen molar-refractivity contribution in [2.24, 2.45) is 0 Å². The summed E-state index contributed by atoms with van der Waals surface area (Å²) < 4.78 is 0. The maximum Gasteiger partial charge on any atom is 0.227 e. The van der Waals surface area contributed by atoms with Crippen molar-refractivity contribution in [3.05, 3.63) is 45.9 Å². The molecular formula is C18H24ClN3OS. The molecule has 2 aromatic rings. The number of carbonyl (C=O) groups excluding carboxylic acids is 1. The van der Waals surface area contributed by atoms with E-state index in [9.17, 15) is 4.79 Å². The molecule has 4 nitrogen and oxygen atoms in total. The first-order valence-electron chi connectivity index (χ1n) is 8.18. The first-order chi connectivity index (χ1) is 11.1. The molecule has 1 aromatic heterocycles. The van der Waals surface area contributed by atoms with Crippen LogP contribution in [-0.2, 0) is 17.9 Å². The molecule has 0 radical (unpaired) electrons. The third kappa shape index (κ3) is 4.56. The molecule has 1 fully saturated rings. The van der Waals surface area contributed by atoms with E-state index in [2.05, 4.69) is 41.7 Å². The summed E-state index contributed by atoms with van der Waals surface area (Å²) in [6.45, 7) is 6.73. The molecule has 0 spiro atoms. The van der Waals surface area contributed by atoms with Crippen LogP contribution in [0.3, 0.4) is 0 Å². The third-order valence-corrected chi connectivity index (χ3v) is 5.19. The Morgan fingerprint density at radius 3 is 2.83 bits per heavy atom. The Morgan fingerprint density at radius 1 is 1.33 bits per heavy atom. The molecule has 0 aliphatic carbocycles. The van der Waals surface area contributed by atoms with Gasteiger partial charge in [-0.2, -0.15) is 0 Å².